The number of hydrogen-bond acceptors (Lipinski definition) is 6. The molecule has 0 unspecified atom stereocenters. The number of nitrogens with zero attached hydrogens (tertiary/aromatic N) is 2. The lowest BCUT2D eigenvalue weighted by molar-refractivity contribution is 0.0601. The fraction of sp³-hybridized carbons (Fsp3) is 0.0714. The molecule has 0 bridgehead atoms. The maximum Gasteiger partial charge on any atom is 0.340 e. The van der Waals surface area contributed by atoms with Gasteiger partial charge in [-0.1, -0.05) is 0 Å². The Balaban J connectivity index is 2.38. The number of anilines is 1. The van der Waals surface area contributed by atoms with E-state index >= 15 is 0 Å². The van der Waals surface area contributed by atoms with E-state index in [2.05, 4.69) is 20.3 Å². The molecule has 0 spiro atoms. The Morgan fingerprint density at radius 2 is 1.83 bits per heavy atom. The van der Waals surface area contributed by atoms with Gasteiger partial charge in [-0.15, -0.1) is 5.10 Å². The molecule has 3 N–H and O–H groups in total. The minimum Gasteiger partial charge on any atom is -0.465 e. The van der Waals surface area contributed by atoms with Crippen LogP contribution in [0.5, 0.6) is 0 Å². The second kappa shape index (κ2) is 6.77. The Kier molecular flexibility index (Phi) is 4.78. The monoisotopic (exact) mass is 336 g/mol. The number of ether oxygens (including phenoxy) is 1. The summed E-state index contributed by atoms with van der Waals surface area (Å²) in [4.78, 5) is 34.8. The Morgan fingerprint density at radius 1 is 1.17 bits per heavy atom. The SMILES string of the molecule is COC(=O)c1cc(F)c(F)cc1NC(=O)c1cc(C(N)=O)cnn1. The van der Waals surface area contributed by atoms with Crippen molar-refractivity contribution in [3.8, 4) is 0 Å². The van der Waals surface area contributed by atoms with Gasteiger partial charge in [0.15, 0.2) is 17.3 Å². The van der Waals surface area contributed by atoms with Crippen LogP contribution in [0.25, 0.3) is 0 Å². The number of hydrogen-bond donors (Lipinski definition) is 2. The molecule has 0 aliphatic carbocycles. The molecular formula is C14H10F2N4O4. The predicted molar refractivity (Wildman–Crippen MR) is 76.2 cm³/mol. The fourth-order valence-electron chi connectivity index (χ4n) is 1.73. The van der Waals surface area contributed by atoms with Crippen LogP contribution in [0, 0.1) is 11.6 Å². The second-order valence-electron chi connectivity index (χ2n) is 4.45. The summed E-state index contributed by atoms with van der Waals surface area (Å²) in [6.45, 7) is 0. The van der Waals surface area contributed by atoms with Crippen LogP contribution in [0.1, 0.15) is 31.2 Å². The maximum absolute atomic E-state index is 13.4. The number of aromatic nitrogens is 2. The first-order valence-corrected chi connectivity index (χ1v) is 6.34. The van der Waals surface area contributed by atoms with Crippen LogP contribution in [0.2, 0.25) is 0 Å². The Bertz CT molecular complexity index is 842. The zero-order valence-electron chi connectivity index (χ0n) is 12.2. The second-order valence-corrected chi connectivity index (χ2v) is 4.45. The largest absolute Gasteiger partial charge is 0.465 e. The molecular weight excluding hydrogens is 326 g/mol. The molecule has 0 atom stereocenters. The van der Waals surface area contributed by atoms with E-state index in [-0.39, 0.29) is 16.9 Å². The number of carbonyl (C=O) groups excluding carboxylic acids is 3. The number of primary amides is 1. The molecule has 1 aromatic heterocycles. The number of halogens is 2. The molecule has 0 aliphatic rings. The molecule has 0 saturated carbocycles. The molecule has 2 aromatic rings. The predicted octanol–water partition coefficient (Wildman–Crippen LogP) is 0.893. The van der Waals surface area contributed by atoms with Gasteiger partial charge >= 0.3 is 5.97 Å². The Labute approximate surface area is 133 Å². The van der Waals surface area contributed by atoms with Crippen molar-refractivity contribution in [3.05, 3.63) is 52.9 Å². The molecule has 8 nitrogen and oxygen atoms in total. The third-order valence-corrected chi connectivity index (χ3v) is 2.89. The number of esters is 1. The van der Waals surface area contributed by atoms with E-state index in [1.807, 2.05) is 0 Å². The molecule has 0 saturated heterocycles. The minimum absolute atomic E-state index is 0.0753. The Hall–Kier alpha value is -3.43. The average molecular weight is 336 g/mol. The fourth-order valence-corrected chi connectivity index (χ4v) is 1.73. The first kappa shape index (κ1) is 16.9. The van der Waals surface area contributed by atoms with Crippen molar-refractivity contribution in [2.24, 2.45) is 5.73 Å². The van der Waals surface area contributed by atoms with Gasteiger partial charge in [0.2, 0.25) is 5.91 Å². The molecule has 1 aromatic carbocycles. The number of amides is 2. The van der Waals surface area contributed by atoms with Crippen molar-refractivity contribution in [2.45, 2.75) is 0 Å². The molecule has 1 heterocycles. The highest BCUT2D eigenvalue weighted by molar-refractivity contribution is 6.07. The third-order valence-electron chi connectivity index (χ3n) is 2.89. The molecule has 0 aliphatic heterocycles. The van der Waals surface area contributed by atoms with Gasteiger partial charge in [0.25, 0.3) is 5.91 Å². The van der Waals surface area contributed by atoms with Crippen LogP contribution >= 0.6 is 0 Å². The van der Waals surface area contributed by atoms with Crippen LogP contribution < -0.4 is 11.1 Å². The van der Waals surface area contributed by atoms with Gasteiger partial charge in [-0.25, -0.2) is 13.6 Å². The summed E-state index contributed by atoms with van der Waals surface area (Å²) in [5.74, 6) is -5.30. The zero-order chi connectivity index (χ0) is 17.9. The Morgan fingerprint density at radius 3 is 2.46 bits per heavy atom. The van der Waals surface area contributed by atoms with Gasteiger partial charge in [-0.3, -0.25) is 9.59 Å². The van der Waals surface area contributed by atoms with Crippen LogP contribution in [0.3, 0.4) is 0 Å². The summed E-state index contributed by atoms with van der Waals surface area (Å²) in [5.41, 5.74) is 3.94. The van der Waals surface area contributed by atoms with Crippen molar-refractivity contribution >= 4 is 23.5 Å². The van der Waals surface area contributed by atoms with E-state index in [1.165, 1.54) is 0 Å². The van der Waals surface area contributed by atoms with Gasteiger partial charge in [0, 0.05) is 6.07 Å². The molecule has 2 amide bonds. The molecule has 24 heavy (non-hydrogen) atoms. The highest BCUT2D eigenvalue weighted by Gasteiger charge is 2.20. The van der Waals surface area contributed by atoms with Gasteiger partial charge in [0.05, 0.1) is 30.1 Å². The number of nitrogens with two attached hydrogens (primary N) is 1. The molecule has 2 rings (SSSR count). The number of methoxy groups -OCH3 is 1. The topological polar surface area (TPSA) is 124 Å². The van der Waals surface area contributed by atoms with Gasteiger partial charge in [-0.2, -0.15) is 5.10 Å². The van der Waals surface area contributed by atoms with Crippen LogP contribution in [0.4, 0.5) is 14.5 Å². The molecule has 0 fully saturated rings. The summed E-state index contributed by atoms with van der Waals surface area (Å²) in [6, 6.07) is 2.26. The molecule has 124 valence electrons. The van der Waals surface area contributed by atoms with Crippen molar-refractivity contribution in [3.63, 3.8) is 0 Å². The van der Waals surface area contributed by atoms with Crippen LogP contribution in [-0.2, 0) is 4.74 Å². The standard InChI is InChI=1S/C14H10F2N4O4/c1-24-14(23)7-3-8(15)9(16)4-10(7)19-13(22)11-2-6(12(17)21)5-18-20-11/h2-5H,1H3,(H2,17,21)(H,19,22). The quantitative estimate of drug-likeness (QED) is 0.799. The van der Waals surface area contributed by atoms with Crippen molar-refractivity contribution < 1.29 is 27.9 Å². The van der Waals surface area contributed by atoms with Crippen molar-refractivity contribution in [1.29, 1.82) is 0 Å². The highest BCUT2D eigenvalue weighted by Crippen LogP contribution is 2.21. The number of nitrogens with one attached hydrogen (secondary N) is 1. The summed E-state index contributed by atoms with van der Waals surface area (Å²) in [7, 11) is 1.04. The highest BCUT2D eigenvalue weighted by atomic mass is 19.2. The lowest BCUT2D eigenvalue weighted by Gasteiger charge is -2.10. The number of benzene rings is 1. The van der Waals surface area contributed by atoms with E-state index in [0.717, 1.165) is 19.4 Å². The number of rotatable bonds is 4. The first-order chi connectivity index (χ1) is 11.3. The van der Waals surface area contributed by atoms with E-state index < -0.39 is 35.0 Å². The van der Waals surface area contributed by atoms with Crippen LogP contribution in [0.15, 0.2) is 24.4 Å². The van der Waals surface area contributed by atoms with E-state index in [1.54, 1.807) is 0 Å². The first-order valence-electron chi connectivity index (χ1n) is 6.34. The maximum atomic E-state index is 13.4. The third kappa shape index (κ3) is 3.48. The van der Waals surface area contributed by atoms with Gasteiger partial charge in [0.1, 0.15) is 0 Å². The van der Waals surface area contributed by atoms with Gasteiger partial charge < -0.3 is 15.8 Å². The summed E-state index contributed by atoms with van der Waals surface area (Å²) in [5, 5.41) is 9.11. The minimum atomic E-state index is -1.29. The lowest BCUT2D eigenvalue weighted by Crippen LogP contribution is -2.19. The smallest absolute Gasteiger partial charge is 0.340 e. The van der Waals surface area contributed by atoms with E-state index in [0.29, 0.717) is 12.1 Å². The molecule has 0 radical (unpaired) electrons. The number of carbonyl (C=O) groups is 3. The van der Waals surface area contributed by atoms with Crippen molar-refractivity contribution in [2.75, 3.05) is 12.4 Å². The summed E-state index contributed by atoms with van der Waals surface area (Å²) < 4.78 is 31.1. The summed E-state index contributed by atoms with van der Waals surface area (Å²) >= 11 is 0. The van der Waals surface area contributed by atoms with E-state index in [9.17, 15) is 23.2 Å². The summed E-state index contributed by atoms with van der Waals surface area (Å²) in [6.07, 6.45) is 1.05. The van der Waals surface area contributed by atoms with E-state index in [4.69, 9.17) is 5.73 Å². The van der Waals surface area contributed by atoms with Gasteiger partial charge in [-0.05, 0) is 12.1 Å². The van der Waals surface area contributed by atoms with Crippen LogP contribution in [-0.4, -0.2) is 35.1 Å². The molecule has 10 heteroatoms. The lowest BCUT2D eigenvalue weighted by atomic mass is 10.1. The normalized spacial score (nSPS) is 10.1. The average Bonchev–Trinajstić information content (AvgIpc) is 2.57. The zero-order valence-corrected chi connectivity index (χ0v) is 12.2. The van der Waals surface area contributed by atoms with Crippen molar-refractivity contribution in [1.82, 2.24) is 10.2 Å².